The van der Waals surface area contributed by atoms with Gasteiger partial charge in [0.15, 0.2) is 0 Å². The van der Waals surface area contributed by atoms with Crippen LogP contribution in [0.5, 0.6) is 0 Å². The van der Waals surface area contributed by atoms with E-state index in [1.807, 2.05) is 46.1 Å². The molecule has 0 fully saturated rings. The molecule has 14 heavy (non-hydrogen) atoms. The van der Waals surface area contributed by atoms with Crippen LogP contribution in [0, 0.1) is 6.92 Å². The van der Waals surface area contributed by atoms with Crippen molar-refractivity contribution in [3.63, 3.8) is 0 Å². The minimum atomic E-state index is 0.750. The van der Waals surface area contributed by atoms with E-state index in [1.54, 1.807) is 0 Å². The van der Waals surface area contributed by atoms with Crippen LogP contribution in [0.4, 0.5) is 5.82 Å². The molecule has 80 valence electrons. The standard InChI is InChI=1S/C7H10N2.C2H4O.C2H6/c1-6-3-4-7(8-2)9-5-6;1-2-3;1-2/h3-5H,1-2H3,(H,8,9);2H,1H3;1-2H3. The number of carbonyl (C=O) groups is 1. The van der Waals surface area contributed by atoms with Crippen LogP contribution >= 0.6 is 0 Å². The molecule has 0 aliphatic rings. The molecule has 0 aromatic carbocycles. The van der Waals surface area contributed by atoms with E-state index < -0.39 is 0 Å². The number of hydrogen-bond donors (Lipinski definition) is 1. The SMILES string of the molecule is CC.CC=O.CNc1ccc(C)cn1. The molecule has 0 unspecified atom stereocenters. The maximum atomic E-state index is 8.81. The molecule has 0 aliphatic heterocycles. The van der Waals surface area contributed by atoms with E-state index in [2.05, 4.69) is 10.3 Å². The average molecular weight is 196 g/mol. The molecule has 1 aromatic rings. The lowest BCUT2D eigenvalue weighted by atomic mass is 10.3. The summed E-state index contributed by atoms with van der Waals surface area (Å²) in [6.45, 7) is 7.46. The Kier molecular flexibility index (Phi) is 12.5. The molecule has 0 atom stereocenters. The highest BCUT2D eigenvalue weighted by atomic mass is 16.1. The number of hydrogen-bond acceptors (Lipinski definition) is 3. The van der Waals surface area contributed by atoms with Gasteiger partial charge in [-0.1, -0.05) is 19.9 Å². The maximum absolute atomic E-state index is 8.81. The van der Waals surface area contributed by atoms with E-state index >= 15 is 0 Å². The van der Waals surface area contributed by atoms with Gasteiger partial charge in [-0.05, 0) is 25.5 Å². The zero-order valence-electron chi connectivity index (χ0n) is 9.66. The number of carbonyl (C=O) groups excluding carboxylic acids is 1. The third-order valence-corrected chi connectivity index (χ3v) is 1.17. The fourth-order valence-electron chi connectivity index (χ4n) is 0.616. The van der Waals surface area contributed by atoms with Gasteiger partial charge in [-0.3, -0.25) is 0 Å². The Labute approximate surface area is 86.6 Å². The van der Waals surface area contributed by atoms with Gasteiger partial charge in [0.05, 0.1) is 0 Å². The molecule has 1 rings (SSSR count). The highest BCUT2D eigenvalue weighted by Gasteiger charge is 1.85. The van der Waals surface area contributed by atoms with E-state index in [4.69, 9.17) is 4.79 Å². The molecule has 3 nitrogen and oxygen atoms in total. The quantitative estimate of drug-likeness (QED) is 0.702. The van der Waals surface area contributed by atoms with Gasteiger partial charge in [-0.2, -0.15) is 0 Å². The first-order valence-electron chi connectivity index (χ1n) is 4.74. The van der Waals surface area contributed by atoms with Crippen LogP contribution in [0.3, 0.4) is 0 Å². The van der Waals surface area contributed by atoms with Crippen LogP contribution in [0.25, 0.3) is 0 Å². The number of pyridine rings is 1. The zero-order valence-corrected chi connectivity index (χ0v) is 9.66. The lowest BCUT2D eigenvalue weighted by Gasteiger charge is -1.96. The summed E-state index contributed by atoms with van der Waals surface area (Å²) in [4.78, 5) is 12.9. The Balaban J connectivity index is 0. The van der Waals surface area contributed by atoms with Crippen molar-refractivity contribution in [1.82, 2.24) is 4.98 Å². The second kappa shape index (κ2) is 11.6. The average Bonchev–Trinajstić information content (AvgIpc) is 2.23. The molecule has 3 heteroatoms. The normalized spacial score (nSPS) is 7.21. The van der Waals surface area contributed by atoms with Crippen LogP contribution in [0.1, 0.15) is 26.3 Å². The Morgan fingerprint density at radius 3 is 2.14 bits per heavy atom. The van der Waals surface area contributed by atoms with Gasteiger partial charge in [0, 0.05) is 13.2 Å². The minimum absolute atomic E-state index is 0.750. The summed E-state index contributed by atoms with van der Waals surface area (Å²) < 4.78 is 0. The first-order valence-corrected chi connectivity index (χ1v) is 4.74. The Morgan fingerprint density at radius 1 is 1.36 bits per heavy atom. The van der Waals surface area contributed by atoms with Crippen LogP contribution in [-0.4, -0.2) is 18.3 Å². The lowest BCUT2D eigenvalue weighted by Crippen LogP contribution is -1.90. The van der Waals surface area contributed by atoms with Gasteiger partial charge in [0.1, 0.15) is 12.1 Å². The van der Waals surface area contributed by atoms with E-state index in [0.717, 1.165) is 12.1 Å². The van der Waals surface area contributed by atoms with Gasteiger partial charge in [-0.25, -0.2) is 4.98 Å². The smallest absolute Gasteiger partial charge is 0.125 e. The van der Waals surface area contributed by atoms with Gasteiger partial charge >= 0.3 is 0 Å². The fourth-order valence-corrected chi connectivity index (χ4v) is 0.616. The third-order valence-electron chi connectivity index (χ3n) is 1.17. The van der Waals surface area contributed by atoms with Crippen molar-refractivity contribution < 1.29 is 4.79 Å². The molecule has 0 saturated heterocycles. The minimum Gasteiger partial charge on any atom is -0.373 e. The van der Waals surface area contributed by atoms with Crippen LogP contribution < -0.4 is 5.32 Å². The summed E-state index contributed by atoms with van der Waals surface area (Å²) >= 11 is 0. The molecule has 0 aliphatic carbocycles. The van der Waals surface area contributed by atoms with Crippen molar-refractivity contribution in [2.45, 2.75) is 27.7 Å². The van der Waals surface area contributed by atoms with Crippen LogP contribution in [-0.2, 0) is 4.79 Å². The maximum Gasteiger partial charge on any atom is 0.125 e. The van der Waals surface area contributed by atoms with Gasteiger partial charge in [0.2, 0.25) is 0 Å². The number of aldehydes is 1. The molecule has 1 heterocycles. The van der Waals surface area contributed by atoms with Crippen LogP contribution in [0.15, 0.2) is 18.3 Å². The second-order valence-electron chi connectivity index (χ2n) is 2.21. The molecule has 0 amide bonds. The molecule has 1 N–H and O–H groups in total. The lowest BCUT2D eigenvalue weighted by molar-refractivity contribution is -0.106. The first kappa shape index (κ1) is 15.1. The summed E-state index contributed by atoms with van der Waals surface area (Å²) in [6, 6.07) is 3.98. The van der Waals surface area contributed by atoms with Crippen molar-refractivity contribution in [2.75, 3.05) is 12.4 Å². The van der Waals surface area contributed by atoms with E-state index in [9.17, 15) is 0 Å². The third kappa shape index (κ3) is 8.71. The summed E-state index contributed by atoms with van der Waals surface area (Å²) in [5.41, 5.74) is 1.19. The zero-order chi connectivity index (χ0) is 11.4. The van der Waals surface area contributed by atoms with Crippen molar-refractivity contribution >= 4 is 12.1 Å². The Hall–Kier alpha value is -1.38. The van der Waals surface area contributed by atoms with Crippen molar-refractivity contribution in [3.8, 4) is 0 Å². The molecule has 1 aromatic heterocycles. The summed E-state index contributed by atoms with van der Waals surface area (Å²) in [5.74, 6) is 0.917. The number of nitrogens with one attached hydrogen (secondary N) is 1. The molecule has 0 radical (unpaired) electrons. The molecular formula is C11H20N2O. The van der Waals surface area contributed by atoms with Crippen molar-refractivity contribution in [3.05, 3.63) is 23.9 Å². The molecule has 0 saturated carbocycles. The van der Waals surface area contributed by atoms with Crippen molar-refractivity contribution in [2.24, 2.45) is 0 Å². The van der Waals surface area contributed by atoms with E-state index in [1.165, 1.54) is 12.5 Å². The first-order chi connectivity index (χ1) is 6.74. The monoisotopic (exact) mass is 196 g/mol. The predicted molar refractivity (Wildman–Crippen MR) is 61.6 cm³/mol. The van der Waals surface area contributed by atoms with Gasteiger partial charge in [-0.15, -0.1) is 0 Å². The number of aromatic nitrogens is 1. The fraction of sp³-hybridized carbons (Fsp3) is 0.455. The second-order valence-corrected chi connectivity index (χ2v) is 2.21. The predicted octanol–water partition coefficient (Wildman–Crippen LogP) is 2.66. The molecular weight excluding hydrogens is 176 g/mol. The Morgan fingerprint density at radius 2 is 1.86 bits per heavy atom. The molecule has 0 spiro atoms. The molecule has 0 bridgehead atoms. The number of anilines is 1. The topological polar surface area (TPSA) is 42.0 Å². The van der Waals surface area contributed by atoms with Gasteiger partial charge in [0.25, 0.3) is 0 Å². The van der Waals surface area contributed by atoms with Gasteiger partial charge < -0.3 is 10.1 Å². The summed E-state index contributed by atoms with van der Waals surface area (Å²) in [7, 11) is 1.86. The highest BCUT2D eigenvalue weighted by molar-refractivity contribution is 5.44. The van der Waals surface area contributed by atoms with E-state index in [-0.39, 0.29) is 0 Å². The van der Waals surface area contributed by atoms with Crippen molar-refractivity contribution in [1.29, 1.82) is 0 Å². The number of aryl methyl sites for hydroxylation is 1. The van der Waals surface area contributed by atoms with E-state index in [0.29, 0.717) is 0 Å². The number of rotatable bonds is 1. The number of nitrogens with zero attached hydrogens (tertiary/aromatic N) is 1. The van der Waals surface area contributed by atoms with Crippen LogP contribution in [0.2, 0.25) is 0 Å². The highest BCUT2D eigenvalue weighted by Crippen LogP contribution is 2.01. The summed E-state index contributed by atoms with van der Waals surface area (Å²) in [6.07, 6.45) is 2.59. The Bertz CT molecular complexity index is 219. The largest absolute Gasteiger partial charge is 0.373 e. The summed E-state index contributed by atoms with van der Waals surface area (Å²) in [5, 5.41) is 2.94.